The number of imide groups is 1. The minimum atomic E-state index is -0.194. The number of carbonyl (C=O) groups is 2. The van der Waals surface area contributed by atoms with Crippen molar-refractivity contribution in [2.75, 3.05) is 6.61 Å². The van der Waals surface area contributed by atoms with Gasteiger partial charge in [0.15, 0.2) is 0 Å². The third-order valence-corrected chi connectivity index (χ3v) is 2.84. The summed E-state index contributed by atoms with van der Waals surface area (Å²) in [5, 5.41) is 8.96. The molecule has 2 amide bonds. The Balaban J connectivity index is 2.72. The van der Waals surface area contributed by atoms with Crippen LogP contribution in [-0.2, 0) is 9.59 Å². The molecule has 1 saturated heterocycles. The highest BCUT2D eigenvalue weighted by atomic mass is 16.3. The van der Waals surface area contributed by atoms with Crippen LogP contribution in [0.1, 0.15) is 33.1 Å². The molecule has 4 heteroatoms. The lowest BCUT2D eigenvalue weighted by molar-refractivity contribution is -0.151. The first kappa shape index (κ1) is 11.2. The number of likely N-dealkylation sites (tertiary alicyclic amines) is 1. The van der Waals surface area contributed by atoms with Gasteiger partial charge in [-0.2, -0.15) is 0 Å². The van der Waals surface area contributed by atoms with E-state index in [4.69, 9.17) is 5.11 Å². The normalized spacial score (nSPS) is 22.4. The van der Waals surface area contributed by atoms with E-state index in [2.05, 4.69) is 0 Å². The van der Waals surface area contributed by atoms with Gasteiger partial charge in [0.2, 0.25) is 11.8 Å². The van der Waals surface area contributed by atoms with Crippen LogP contribution in [0.15, 0.2) is 0 Å². The Bertz CT molecular complexity index is 224. The maximum atomic E-state index is 11.5. The van der Waals surface area contributed by atoms with E-state index >= 15 is 0 Å². The van der Waals surface area contributed by atoms with Crippen molar-refractivity contribution in [2.24, 2.45) is 5.92 Å². The fourth-order valence-electron chi connectivity index (χ4n) is 1.63. The third kappa shape index (κ3) is 2.12. The van der Waals surface area contributed by atoms with Gasteiger partial charge in [-0.1, -0.05) is 6.92 Å². The minimum Gasteiger partial charge on any atom is -0.396 e. The van der Waals surface area contributed by atoms with Crippen molar-refractivity contribution in [3.63, 3.8) is 0 Å². The maximum Gasteiger partial charge on any atom is 0.229 e. The summed E-state index contributed by atoms with van der Waals surface area (Å²) < 4.78 is 0. The van der Waals surface area contributed by atoms with Crippen molar-refractivity contribution in [1.82, 2.24) is 4.90 Å². The zero-order valence-electron chi connectivity index (χ0n) is 8.69. The summed E-state index contributed by atoms with van der Waals surface area (Å²) in [7, 11) is 0. The molecule has 1 aliphatic heterocycles. The van der Waals surface area contributed by atoms with Crippen LogP contribution < -0.4 is 0 Å². The highest BCUT2D eigenvalue weighted by Gasteiger charge is 2.32. The number of hydrogen-bond acceptors (Lipinski definition) is 3. The van der Waals surface area contributed by atoms with Crippen LogP contribution in [0.3, 0.4) is 0 Å². The van der Waals surface area contributed by atoms with E-state index in [0.717, 1.165) is 0 Å². The zero-order valence-corrected chi connectivity index (χ0v) is 8.69. The fraction of sp³-hybridized carbons (Fsp3) is 0.800. The first-order chi connectivity index (χ1) is 6.57. The fourth-order valence-corrected chi connectivity index (χ4v) is 1.63. The smallest absolute Gasteiger partial charge is 0.229 e. The molecule has 14 heavy (non-hydrogen) atoms. The van der Waals surface area contributed by atoms with Gasteiger partial charge >= 0.3 is 0 Å². The van der Waals surface area contributed by atoms with E-state index in [9.17, 15) is 9.59 Å². The van der Waals surface area contributed by atoms with E-state index in [1.54, 1.807) is 0 Å². The average molecular weight is 199 g/mol. The van der Waals surface area contributed by atoms with Gasteiger partial charge in [0, 0.05) is 25.5 Å². The molecule has 80 valence electrons. The molecule has 0 spiro atoms. The van der Waals surface area contributed by atoms with Gasteiger partial charge in [-0.05, 0) is 19.3 Å². The van der Waals surface area contributed by atoms with Crippen LogP contribution in [0, 0.1) is 5.92 Å². The van der Waals surface area contributed by atoms with Crippen molar-refractivity contribution >= 4 is 11.8 Å². The Kier molecular flexibility index (Phi) is 3.63. The minimum absolute atomic E-state index is 0.00176. The van der Waals surface area contributed by atoms with Crippen LogP contribution in [0.5, 0.6) is 0 Å². The quantitative estimate of drug-likeness (QED) is 0.675. The standard InChI is InChI=1S/C10H17NO3/c1-7(6-12)8(2)11-9(13)4-3-5-10(11)14/h7-8,12H,3-6H2,1-2H3. The number of aliphatic hydroxyl groups is 1. The Labute approximate surface area is 83.9 Å². The van der Waals surface area contributed by atoms with Crippen molar-refractivity contribution < 1.29 is 14.7 Å². The number of hydrogen-bond donors (Lipinski definition) is 1. The summed E-state index contributed by atoms with van der Waals surface area (Å²) in [4.78, 5) is 24.3. The molecule has 1 fully saturated rings. The van der Waals surface area contributed by atoms with Gasteiger partial charge in [-0.25, -0.2) is 0 Å². The molecule has 2 unspecified atom stereocenters. The molecule has 0 aliphatic carbocycles. The van der Waals surface area contributed by atoms with E-state index in [-0.39, 0.29) is 30.4 Å². The number of piperidine rings is 1. The van der Waals surface area contributed by atoms with Gasteiger partial charge in [0.1, 0.15) is 0 Å². The predicted molar refractivity (Wildman–Crippen MR) is 51.4 cm³/mol. The van der Waals surface area contributed by atoms with Crippen LogP contribution >= 0.6 is 0 Å². The zero-order chi connectivity index (χ0) is 10.7. The number of aliphatic hydroxyl groups excluding tert-OH is 1. The molecule has 4 nitrogen and oxygen atoms in total. The summed E-state index contributed by atoms with van der Waals surface area (Å²) >= 11 is 0. The first-order valence-electron chi connectivity index (χ1n) is 5.03. The molecule has 1 heterocycles. The van der Waals surface area contributed by atoms with E-state index in [1.807, 2.05) is 13.8 Å². The van der Waals surface area contributed by atoms with E-state index in [0.29, 0.717) is 19.3 Å². The highest BCUT2D eigenvalue weighted by Crippen LogP contribution is 2.19. The molecule has 2 atom stereocenters. The second-order valence-corrected chi connectivity index (χ2v) is 3.91. The molecule has 0 saturated carbocycles. The molecule has 1 aliphatic rings. The molecule has 0 aromatic heterocycles. The van der Waals surface area contributed by atoms with E-state index in [1.165, 1.54) is 4.90 Å². The summed E-state index contributed by atoms with van der Waals surface area (Å²) in [6, 6.07) is -0.194. The monoisotopic (exact) mass is 199 g/mol. The van der Waals surface area contributed by atoms with Crippen LogP contribution in [0.25, 0.3) is 0 Å². The van der Waals surface area contributed by atoms with Gasteiger partial charge in [0.05, 0.1) is 0 Å². The number of carbonyl (C=O) groups excluding carboxylic acids is 2. The Morgan fingerprint density at radius 3 is 2.21 bits per heavy atom. The summed E-state index contributed by atoms with van der Waals surface area (Å²) in [6.45, 7) is 3.64. The van der Waals surface area contributed by atoms with Gasteiger partial charge in [-0.3, -0.25) is 14.5 Å². The lowest BCUT2D eigenvalue weighted by Gasteiger charge is -2.33. The predicted octanol–water partition coefficient (Wildman–Crippen LogP) is 0.542. The van der Waals surface area contributed by atoms with Gasteiger partial charge < -0.3 is 5.11 Å². The topological polar surface area (TPSA) is 57.6 Å². The largest absolute Gasteiger partial charge is 0.396 e. The van der Waals surface area contributed by atoms with Crippen LogP contribution in [0.4, 0.5) is 0 Å². The molecule has 0 radical (unpaired) electrons. The van der Waals surface area contributed by atoms with Gasteiger partial charge in [0.25, 0.3) is 0 Å². The average Bonchev–Trinajstić information content (AvgIpc) is 2.16. The van der Waals surface area contributed by atoms with Crippen molar-refractivity contribution in [3.05, 3.63) is 0 Å². The summed E-state index contributed by atoms with van der Waals surface area (Å²) in [5.74, 6) is -0.260. The highest BCUT2D eigenvalue weighted by molar-refractivity contribution is 5.97. The molecule has 0 aromatic rings. The second kappa shape index (κ2) is 4.55. The third-order valence-electron chi connectivity index (χ3n) is 2.84. The van der Waals surface area contributed by atoms with Crippen molar-refractivity contribution in [1.29, 1.82) is 0 Å². The summed E-state index contributed by atoms with van der Waals surface area (Å²) in [6.07, 6.45) is 1.57. The van der Waals surface area contributed by atoms with Crippen molar-refractivity contribution in [3.8, 4) is 0 Å². The Morgan fingerprint density at radius 1 is 1.29 bits per heavy atom. The number of rotatable bonds is 3. The molecular weight excluding hydrogens is 182 g/mol. The maximum absolute atomic E-state index is 11.5. The van der Waals surface area contributed by atoms with Crippen LogP contribution in [0.2, 0.25) is 0 Å². The number of nitrogens with zero attached hydrogens (tertiary/aromatic N) is 1. The lowest BCUT2D eigenvalue weighted by Crippen LogP contribution is -2.48. The Hall–Kier alpha value is -0.900. The summed E-state index contributed by atoms with van der Waals surface area (Å²) in [5.41, 5.74) is 0. The first-order valence-corrected chi connectivity index (χ1v) is 5.03. The second-order valence-electron chi connectivity index (χ2n) is 3.91. The van der Waals surface area contributed by atoms with Crippen molar-refractivity contribution in [2.45, 2.75) is 39.2 Å². The van der Waals surface area contributed by atoms with Crippen LogP contribution in [-0.4, -0.2) is 34.5 Å². The molecule has 1 rings (SSSR count). The van der Waals surface area contributed by atoms with Gasteiger partial charge in [-0.15, -0.1) is 0 Å². The molecule has 1 N–H and O–H groups in total. The van der Waals surface area contributed by atoms with E-state index < -0.39 is 0 Å². The number of amides is 2. The molecule has 0 aromatic carbocycles. The Morgan fingerprint density at radius 2 is 1.79 bits per heavy atom. The SMILES string of the molecule is CC(CO)C(C)N1C(=O)CCCC1=O. The molecular formula is C10H17NO3. The molecule has 0 bridgehead atoms. The lowest BCUT2D eigenvalue weighted by atomic mass is 9.99.